The van der Waals surface area contributed by atoms with Crippen LogP contribution in [0, 0.1) is 13.8 Å². The second-order valence-electron chi connectivity index (χ2n) is 9.64. The van der Waals surface area contributed by atoms with Crippen molar-refractivity contribution in [2.75, 3.05) is 23.7 Å². The van der Waals surface area contributed by atoms with Crippen LogP contribution in [-0.4, -0.2) is 39.7 Å². The number of rotatable bonds is 8. The van der Waals surface area contributed by atoms with Crippen molar-refractivity contribution in [3.05, 3.63) is 95.7 Å². The van der Waals surface area contributed by atoms with E-state index in [-0.39, 0.29) is 18.5 Å². The van der Waals surface area contributed by atoms with Crippen molar-refractivity contribution in [1.29, 1.82) is 0 Å². The number of anilines is 2. The van der Waals surface area contributed by atoms with E-state index in [4.69, 9.17) is 5.10 Å². The minimum absolute atomic E-state index is 0.0986. The van der Waals surface area contributed by atoms with Gasteiger partial charge in [0.2, 0.25) is 5.91 Å². The second-order valence-corrected chi connectivity index (χ2v) is 9.64. The molecule has 0 saturated heterocycles. The lowest BCUT2D eigenvalue weighted by molar-refractivity contribution is -0.116. The van der Waals surface area contributed by atoms with Gasteiger partial charge in [0.25, 0.3) is 0 Å². The Hall–Kier alpha value is -4.39. The highest BCUT2D eigenvalue weighted by Crippen LogP contribution is 2.34. The number of likely N-dealkylation sites (N-methyl/N-ethyl adjacent to an activating group) is 1. The van der Waals surface area contributed by atoms with Gasteiger partial charge in [0.15, 0.2) is 0 Å². The topological polar surface area (TPSA) is 79.3 Å². The summed E-state index contributed by atoms with van der Waals surface area (Å²) in [5.74, 6) is 0.686. The average molecular weight is 510 g/mol. The molecule has 0 bridgehead atoms. The molecule has 1 aromatic heterocycles. The molecule has 7 heteroatoms. The van der Waals surface area contributed by atoms with Gasteiger partial charge in [0, 0.05) is 17.8 Å². The third-order valence-electron chi connectivity index (χ3n) is 6.56. The number of aromatic nitrogens is 2. The SMILES string of the molecule is CCN(CC(=O)Nc1c(-c2ccccc2)c(C)nn1-c1ccccc1C)C(=O)Nc1ccc(C(C)C)cc1. The number of carbonyl (C=O) groups is 2. The molecule has 3 aromatic carbocycles. The number of aryl methyl sites for hydroxylation is 2. The first-order chi connectivity index (χ1) is 18.3. The van der Waals surface area contributed by atoms with Crippen molar-refractivity contribution < 1.29 is 9.59 Å². The normalized spacial score (nSPS) is 10.9. The van der Waals surface area contributed by atoms with Gasteiger partial charge in [0.1, 0.15) is 12.4 Å². The van der Waals surface area contributed by atoms with E-state index in [1.54, 1.807) is 4.68 Å². The summed E-state index contributed by atoms with van der Waals surface area (Å²) in [6, 6.07) is 25.2. The Balaban J connectivity index is 1.58. The molecule has 0 fully saturated rings. The number of carbonyl (C=O) groups excluding carboxylic acids is 2. The molecule has 0 saturated carbocycles. The van der Waals surface area contributed by atoms with Gasteiger partial charge in [-0.15, -0.1) is 0 Å². The van der Waals surface area contributed by atoms with Crippen LogP contribution < -0.4 is 10.6 Å². The number of benzene rings is 3. The molecule has 196 valence electrons. The lowest BCUT2D eigenvalue weighted by Gasteiger charge is -2.21. The van der Waals surface area contributed by atoms with Gasteiger partial charge in [-0.25, -0.2) is 9.48 Å². The molecule has 38 heavy (non-hydrogen) atoms. The number of nitrogens with zero attached hydrogens (tertiary/aromatic N) is 3. The van der Waals surface area contributed by atoms with E-state index in [9.17, 15) is 9.59 Å². The maximum Gasteiger partial charge on any atom is 0.322 e. The summed E-state index contributed by atoms with van der Waals surface area (Å²) < 4.78 is 1.78. The summed E-state index contributed by atoms with van der Waals surface area (Å²) in [6.07, 6.45) is 0. The largest absolute Gasteiger partial charge is 0.322 e. The lowest BCUT2D eigenvalue weighted by Crippen LogP contribution is -2.40. The molecular weight excluding hydrogens is 474 g/mol. The molecule has 4 aromatic rings. The number of nitrogens with one attached hydrogen (secondary N) is 2. The van der Waals surface area contributed by atoms with Crippen molar-refractivity contribution in [3.8, 4) is 16.8 Å². The van der Waals surface area contributed by atoms with Crippen LogP contribution in [0.15, 0.2) is 78.9 Å². The van der Waals surface area contributed by atoms with E-state index in [2.05, 4.69) is 24.5 Å². The molecule has 3 amide bonds. The van der Waals surface area contributed by atoms with Gasteiger partial charge in [-0.3, -0.25) is 4.79 Å². The quantitative estimate of drug-likeness (QED) is 0.275. The Morgan fingerprint density at radius 2 is 1.55 bits per heavy atom. The Morgan fingerprint density at radius 3 is 2.18 bits per heavy atom. The Kier molecular flexibility index (Phi) is 8.26. The lowest BCUT2D eigenvalue weighted by atomic mass is 10.0. The van der Waals surface area contributed by atoms with Crippen molar-refractivity contribution >= 4 is 23.4 Å². The van der Waals surface area contributed by atoms with Crippen LogP contribution in [0.3, 0.4) is 0 Å². The van der Waals surface area contributed by atoms with Gasteiger partial charge in [-0.05, 0) is 61.6 Å². The molecule has 7 nitrogen and oxygen atoms in total. The van der Waals surface area contributed by atoms with Crippen LogP contribution in [0.2, 0.25) is 0 Å². The van der Waals surface area contributed by atoms with Crippen molar-refractivity contribution in [1.82, 2.24) is 14.7 Å². The average Bonchev–Trinajstić information content (AvgIpc) is 3.23. The van der Waals surface area contributed by atoms with Crippen molar-refractivity contribution in [2.24, 2.45) is 0 Å². The third-order valence-corrected chi connectivity index (χ3v) is 6.56. The van der Waals surface area contributed by atoms with Crippen LogP contribution in [0.4, 0.5) is 16.3 Å². The van der Waals surface area contributed by atoms with Gasteiger partial charge in [-0.2, -0.15) is 5.10 Å². The highest BCUT2D eigenvalue weighted by molar-refractivity contribution is 5.99. The fourth-order valence-corrected chi connectivity index (χ4v) is 4.39. The predicted octanol–water partition coefficient (Wildman–Crippen LogP) is 6.77. The minimum Gasteiger partial charge on any atom is -0.315 e. The molecule has 2 N–H and O–H groups in total. The third kappa shape index (κ3) is 5.94. The minimum atomic E-state index is -0.327. The first-order valence-corrected chi connectivity index (χ1v) is 12.9. The highest BCUT2D eigenvalue weighted by atomic mass is 16.2. The van der Waals surface area contributed by atoms with E-state index in [0.29, 0.717) is 24.0 Å². The Morgan fingerprint density at radius 1 is 0.895 bits per heavy atom. The van der Waals surface area contributed by atoms with Crippen molar-refractivity contribution in [3.63, 3.8) is 0 Å². The van der Waals surface area contributed by atoms with Crippen LogP contribution in [0.1, 0.15) is 43.5 Å². The van der Waals surface area contributed by atoms with Crippen LogP contribution >= 0.6 is 0 Å². The number of amides is 3. The van der Waals surface area contributed by atoms with Gasteiger partial charge < -0.3 is 15.5 Å². The molecular formula is C31H35N5O2. The number of hydrogen-bond donors (Lipinski definition) is 2. The smallest absolute Gasteiger partial charge is 0.315 e. The van der Waals surface area contributed by atoms with Gasteiger partial charge in [-0.1, -0.05) is 74.5 Å². The zero-order valence-electron chi connectivity index (χ0n) is 22.7. The Labute approximate surface area is 224 Å². The van der Waals surface area contributed by atoms with Gasteiger partial charge >= 0.3 is 6.03 Å². The maximum atomic E-state index is 13.3. The highest BCUT2D eigenvalue weighted by Gasteiger charge is 2.23. The standard InChI is InChI=1S/C31H35N5O2/c1-6-35(31(38)32-26-18-16-24(17-19-26)21(2)3)20-28(37)33-30-29(25-13-8-7-9-14-25)23(5)34-36(30)27-15-11-10-12-22(27)4/h7-19,21H,6,20H2,1-5H3,(H,32,38)(H,33,37). The van der Waals surface area contributed by atoms with E-state index < -0.39 is 0 Å². The zero-order chi connectivity index (χ0) is 27.2. The fourth-order valence-electron chi connectivity index (χ4n) is 4.39. The summed E-state index contributed by atoms with van der Waals surface area (Å²) in [4.78, 5) is 27.8. The summed E-state index contributed by atoms with van der Waals surface area (Å²) >= 11 is 0. The zero-order valence-corrected chi connectivity index (χ0v) is 22.7. The number of hydrogen-bond acceptors (Lipinski definition) is 3. The van der Waals surface area contributed by atoms with E-state index in [1.165, 1.54) is 10.5 Å². The summed E-state index contributed by atoms with van der Waals surface area (Å²) in [5, 5.41) is 10.8. The van der Waals surface area contributed by atoms with Crippen molar-refractivity contribution in [2.45, 2.75) is 40.5 Å². The van der Waals surface area contributed by atoms with Crippen LogP contribution in [0.25, 0.3) is 16.8 Å². The van der Waals surface area contributed by atoms with E-state index >= 15 is 0 Å². The molecule has 0 unspecified atom stereocenters. The molecule has 4 rings (SSSR count). The molecule has 0 aliphatic heterocycles. The fraction of sp³-hybridized carbons (Fsp3) is 0.258. The maximum absolute atomic E-state index is 13.3. The molecule has 0 atom stereocenters. The summed E-state index contributed by atoms with van der Waals surface area (Å²) in [5.41, 5.74) is 6.40. The monoisotopic (exact) mass is 509 g/mol. The second kappa shape index (κ2) is 11.8. The first-order valence-electron chi connectivity index (χ1n) is 12.9. The number of para-hydroxylation sites is 1. The first kappa shape index (κ1) is 26.7. The predicted molar refractivity (Wildman–Crippen MR) is 154 cm³/mol. The summed E-state index contributed by atoms with van der Waals surface area (Å²) in [7, 11) is 0. The summed E-state index contributed by atoms with van der Waals surface area (Å²) in [6.45, 7) is 10.3. The molecule has 0 radical (unpaired) electrons. The molecule has 0 aliphatic carbocycles. The van der Waals surface area contributed by atoms with E-state index in [0.717, 1.165) is 28.1 Å². The number of urea groups is 1. The molecule has 1 heterocycles. The van der Waals surface area contributed by atoms with E-state index in [1.807, 2.05) is 99.6 Å². The van der Waals surface area contributed by atoms with Gasteiger partial charge in [0.05, 0.1) is 11.4 Å². The molecule has 0 spiro atoms. The van der Waals surface area contributed by atoms with Crippen LogP contribution in [0.5, 0.6) is 0 Å². The Bertz CT molecular complexity index is 1410. The molecule has 0 aliphatic rings. The van der Waals surface area contributed by atoms with Crippen LogP contribution in [-0.2, 0) is 4.79 Å².